The second kappa shape index (κ2) is 7.74. The van der Waals surface area contributed by atoms with E-state index in [0.29, 0.717) is 29.6 Å². The van der Waals surface area contributed by atoms with Crippen molar-refractivity contribution >= 4 is 17.9 Å². The normalized spacial score (nSPS) is 14.8. The predicted octanol–water partition coefficient (Wildman–Crippen LogP) is 3.25. The van der Waals surface area contributed by atoms with E-state index in [2.05, 4.69) is 4.99 Å². The molecule has 6 nitrogen and oxygen atoms in total. The zero-order valence-electron chi connectivity index (χ0n) is 14.8. The third-order valence-corrected chi connectivity index (χ3v) is 3.90. The molecule has 0 unspecified atom stereocenters. The number of para-hydroxylation sites is 1. The Bertz CT molecular complexity index is 886. The van der Waals surface area contributed by atoms with Crippen LogP contribution in [-0.2, 0) is 16.0 Å². The van der Waals surface area contributed by atoms with Crippen molar-refractivity contribution in [1.29, 1.82) is 0 Å². The van der Waals surface area contributed by atoms with Gasteiger partial charge in [-0.15, -0.1) is 0 Å². The highest BCUT2D eigenvalue weighted by molar-refractivity contribution is 6.07. The fourth-order valence-electron chi connectivity index (χ4n) is 2.63. The minimum Gasteiger partial charge on any atom is -0.496 e. The summed E-state index contributed by atoms with van der Waals surface area (Å²) in [6, 6.07) is 12.9. The Hall–Kier alpha value is -3.28. The summed E-state index contributed by atoms with van der Waals surface area (Å²) in [6.07, 6.45) is 2.03. The van der Waals surface area contributed by atoms with Gasteiger partial charge in [0, 0.05) is 12.0 Å². The first-order valence-electron chi connectivity index (χ1n) is 8.00. The molecule has 0 spiro atoms. The van der Waals surface area contributed by atoms with E-state index in [4.69, 9.17) is 18.9 Å². The summed E-state index contributed by atoms with van der Waals surface area (Å²) in [6.45, 7) is 0. The molecule has 6 heteroatoms. The molecule has 3 rings (SSSR count). The summed E-state index contributed by atoms with van der Waals surface area (Å²) in [7, 11) is 4.73. The summed E-state index contributed by atoms with van der Waals surface area (Å²) in [5, 5.41) is 0. The summed E-state index contributed by atoms with van der Waals surface area (Å²) < 4.78 is 21.1. The molecule has 2 aromatic rings. The minimum absolute atomic E-state index is 0.241. The topological polar surface area (TPSA) is 66.3 Å². The molecule has 26 heavy (non-hydrogen) atoms. The first kappa shape index (κ1) is 17.5. The Balaban J connectivity index is 1.83. The van der Waals surface area contributed by atoms with Crippen LogP contribution in [0.5, 0.6) is 17.2 Å². The van der Waals surface area contributed by atoms with Crippen LogP contribution in [0.25, 0.3) is 6.08 Å². The summed E-state index contributed by atoms with van der Waals surface area (Å²) in [5.41, 5.74) is 1.90. The van der Waals surface area contributed by atoms with Crippen molar-refractivity contribution in [2.45, 2.75) is 6.42 Å². The lowest BCUT2D eigenvalue weighted by molar-refractivity contribution is -0.130. The molecule has 0 saturated carbocycles. The number of esters is 1. The Morgan fingerprint density at radius 3 is 2.42 bits per heavy atom. The zero-order chi connectivity index (χ0) is 18.5. The Morgan fingerprint density at radius 1 is 0.962 bits per heavy atom. The molecule has 1 heterocycles. The maximum absolute atomic E-state index is 12.1. The highest BCUT2D eigenvalue weighted by atomic mass is 16.6. The molecular weight excluding hydrogens is 334 g/mol. The van der Waals surface area contributed by atoms with Crippen LogP contribution >= 0.6 is 0 Å². The van der Waals surface area contributed by atoms with Crippen molar-refractivity contribution in [3.63, 3.8) is 0 Å². The van der Waals surface area contributed by atoms with E-state index in [1.807, 2.05) is 36.4 Å². The molecular formula is C20H19NO5. The largest absolute Gasteiger partial charge is 0.496 e. The van der Waals surface area contributed by atoms with Crippen molar-refractivity contribution in [3.8, 4) is 17.2 Å². The van der Waals surface area contributed by atoms with Crippen molar-refractivity contribution < 1.29 is 23.7 Å². The van der Waals surface area contributed by atoms with Gasteiger partial charge in [0.05, 0.1) is 21.3 Å². The van der Waals surface area contributed by atoms with Crippen LogP contribution in [-0.4, -0.2) is 33.2 Å². The molecule has 0 aromatic heterocycles. The summed E-state index contributed by atoms with van der Waals surface area (Å²) in [5.74, 6) is 1.77. The summed E-state index contributed by atoms with van der Waals surface area (Å²) in [4.78, 5) is 16.4. The van der Waals surface area contributed by atoms with E-state index in [1.54, 1.807) is 33.5 Å². The van der Waals surface area contributed by atoms with Gasteiger partial charge >= 0.3 is 5.97 Å². The van der Waals surface area contributed by atoms with E-state index < -0.39 is 5.97 Å². The van der Waals surface area contributed by atoms with Crippen LogP contribution in [0.15, 0.2) is 53.2 Å². The molecule has 2 aromatic carbocycles. The number of ether oxygens (including phenoxy) is 4. The number of hydrogen-bond acceptors (Lipinski definition) is 6. The molecule has 0 aliphatic carbocycles. The fourth-order valence-corrected chi connectivity index (χ4v) is 2.63. The average molecular weight is 353 g/mol. The van der Waals surface area contributed by atoms with Crippen LogP contribution in [0.3, 0.4) is 0 Å². The van der Waals surface area contributed by atoms with Gasteiger partial charge in [-0.25, -0.2) is 9.79 Å². The molecule has 1 aliphatic rings. The second-order valence-electron chi connectivity index (χ2n) is 5.53. The first-order valence-corrected chi connectivity index (χ1v) is 8.00. The number of benzene rings is 2. The number of methoxy groups -OCH3 is 3. The minimum atomic E-state index is -0.480. The lowest BCUT2D eigenvalue weighted by Gasteiger charge is -2.09. The van der Waals surface area contributed by atoms with Gasteiger partial charge in [0.2, 0.25) is 5.90 Å². The maximum Gasteiger partial charge on any atom is 0.363 e. The van der Waals surface area contributed by atoms with Gasteiger partial charge in [0.1, 0.15) is 5.75 Å². The van der Waals surface area contributed by atoms with Gasteiger partial charge < -0.3 is 18.9 Å². The Kier molecular flexibility index (Phi) is 5.22. The Labute approximate surface area is 151 Å². The molecule has 0 radical (unpaired) electrons. The van der Waals surface area contributed by atoms with E-state index in [1.165, 1.54) is 0 Å². The Morgan fingerprint density at radius 2 is 1.69 bits per heavy atom. The second-order valence-corrected chi connectivity index (χ2v) is 5.53. The third-order valence-electron chi connectivity index (χ3n) is 3.90. The number of carbonyl (C=O) groups excluding carboxylic acids is 1. The van der Waals surface area contributed by atoms with Crippen molar-refractivity contribution in [3.05, 3.63) is 59.3 Å². The first-order chi connectivity index (χ1) is 12.6. The van der Waals surface area contributed by atoms with E-state index in [-0.39, 0.29) is 5.70 Å². The number of nitrogens with zero attached hydrogens (tertiary/aromatic N) is 1. The van der Waals surface area contributed by atoms with Gasteiger partial charge in [-0.1, -0.05) is 24.3 Å². The molecule has 0 atom stereocenters. The number of hydrogen-bond donors (Lipinski definition) is 0. The van der Waals surface area contributed by atoms with Crippen molar-refractivity contribution in [1.82, 2.24) is 0 Å². The fraction of sp³-hybridized carbons (Fsp3) is 0.200. The molecule has 0 N–H and O–H groups in total. The van der Waals surface area contributed by atoms with E-state index >= 15 is 0 Å². The van der Waals surface area contributed by atoms with Gasteiger partial charge in [-0.3, -0.25) is 0 Å². The maximum atomic E-state index is 12.1. The van der Waals surface area contributed by atoms with Crippen LogP contribution in [0.2, 0.25) is 0 Å². The smallest absolute Gasteiger partial charge is 0.363 e. The van der Waals surface area contributed by atoms with E-state index in [0.717, 1.165) is 11.1 Å². The highest BCUT2D eigenvalue weighted by Crippen LogP contribution is 2.29. The van der Waals surface area contributed by atoms with Gasteiger partial charge in [-0.05, 0) is 29.8 Å². The lowest BCUT2D eigenvalue weighted by atomic mass is 10.1. The van der Waals surface area contributed by atoms with Crippen molar-refractivity contribution in [2.24, 2.45) is 4.99 Å². The number of cyclic esters (lactones) is 1. The molecule has 0 bridgehead atoms. The lowest BCUT2D eigenvalue weighted by Crippen LogP contribution is -2.07. The SMILES string of the molecule is COc1ccccc1/C=C1\N=C(Cc2ccc(OC)c(OC)c2)OC1=O. The monoisotopic (exact) mass is 353 g/mol. The molecule has 1 aliphatic heterocycles. The number of aliphatic imine (C=N–C) groups is 1. The van der Waals surface area contributed by atoms with E-state index in [9.17, 15) is 4.79 Å². The summed E-state index contributed by atoms with van der Waals surface area (Å²) >= 11 is 0. The number of rotatable bonds is 6. The highest BCUT2D eigenvalue weighted by Gasteiger charge is 2.23. The number of carbonyl (C=O) groups is 1. The average Bonchev–Trinajstić information content (AvgIpc) is 3.00. The molecule has 0 saturated heterocycles. The molecule has 134 valence electrons. The third kappa shape index (κ3) is 3.69. The van der Waals surface area contributed by atoms with Crippen LogP contribution in [0, 0.1) is 0 Å². The molecule has 0 amide bonds. The zero-order valence-corrected chi connectivity index (χ0v) is 14.8. The molecule has 0 fully saturated rings. The van der Waals surface area contributed by atoms with Crippen molar-refractivity contribution in [2.75, 3.05) is 21.3 Å². The van der Waals surface area contributed by atoms with Crippen LogP contribution < -0.4 is 14.2 Å². The predicted molar refractivity (Wildman–Crippen MR) is 97.7 cm³/mol. The standard InChI is InChI=1S/C20H19NO5/c1-23-16-7-5-4-6-14(16)12-15-20(22)26-19(21-15)11-13-8-9-17(24-2)18(10-13)25-3/h4-10,12H,11H2,1-3H3/b15-12-. The van der Waals surface area contributed by atoms with Gasteiger partial charge in [0.25, 0.3) is 0 Å². The van der Waals surface area contributed by atoms with Gasteiger partial charge in [-0.2, -0.15) is 0 Å². The van der Waals surface area contributed by atoms with Crippen LogP contribution in [0.1, 0.15) is 11.1 Å². The van der Waals surface area contributed by atoms with Gasteiger partial charge in [0.15, 0.2) is 17.2 Å². The quantitative estimate of drug-likeness (QED) is 0.589. The van der Waals surface area contributed by atoms with Crippen LogP contribution in [0.4, 0.5) is 0 Å².